The van der Waals surface area contributed by atoms with Crippen LogP contribution in [-0.4, -0.2) is 32.0 Å². The van der Waals surface area contributed by atoms with E-state index in [0.29, 0.717) is 12.2 Å². The standard InChI is InChI=1S/C17H17Br2N5O2/c18-13-2-4-15(5-3-13)26-12-24-9-6-16(22-24)17(25)20-7-1-8-23-11-14(19)10-21-23/h2-6,9-11H,1,7-8,12H2,(H,20,25). The molecule has 3 rings (SSSR count). The van der Waals surface area contributed by atoms with E-state index in [1.54, 1.807) is 23.1 Å². The SMILES string of the molecule is O=C(NCCCn1cc(Br)cn1)c1ccn(COc2ccc(Br)cc2)n1. The predicted molar refractivity (Wildman–Crippen MR) is 104 cm³/mol. The van der Waals surface area contributed by atoms with Crippen molar-refractivity contribution in [3.63, 3.8) is 0 Å². The summed E-state index contributed by atoms with van der Waals surface area (Å²) in [6.07, 6.45) is 6.14. The first-order valence-electron chi connectivity index (χ1n) is 7.98. The number of carbonyl (C=O) groups is 1. The zero-order valence-corrected chi connectivity index (χ0v) is 17.0. The van der Waals surface area contributed by atoms with Crippen LogP contribution in [0.3, 0.4) is 0 Å². The topological polar surface area (TPSA) is 74.0 Å². The first-order valence-corrected chi connectivity index (χ1v) is 9.57. The summed E-state index contributed by atoms with van der Waals surface area (Å²) in [4.78, 5) is 12.1. The van der Waals surface area contributed by atoms with Crippen LogP contribution in [-0.2, 0) is 13.3 Å². The zero-order chi connectivity index (χ0) is 18.4. The van der Waals surface area contributed by atoms with E-state index in [0.717, 1.165) is 27.7 Å². The molecule has 0 saturated carbocycles. The number of benzene rings is 1. The van der Waals surface area contributed by atoms with Crippen molar-refractivity contribution in [1.29, 1.82) is 0 Å². The quantitative estimate of drug-likeness (QED) is 0.499. The van der Waals surface area contributed by atoms with Crippen molar-refractivity contribution in [2.24, 2.45) is 0 Å². The molecule has 0 spiro atoms. The molecule has 7 nitrogen and oxygen atoms in total. The molecule has 0 bridgehead atoms. The van der Waals surface area contributed by atoms with Gasteiger partial charge in [0.1, 0.15) is 11.4 Å². The molecule has 2 aromatic heterocycles. The van der Waals surface area contributed by atoms with Gasteiger partial charge in [-0.25, -0.2) is 4.68 Å². The van der Waals surface area contributed by atoms with Crippen molar-refractivity contribution in [1.82, 2.24) is 24.9 Å². The third-order valence-electron chi connectivity index (χ3n) is 3.50. The highest BCUT2D eigenvalue weighted by molar-refractivity contribution is 9.10. The number of hydrogen-bond acceptors (Lipinski definition) is 4. The highest BCUT2D eigenvalue weighted by Gasteiger charge is 2.09. The second kappa shape index (κ2) is 9.00. The molecule has 0 aliphatic rings. The van der Waals surface area contributed by atoms with Crippen molar-refractivity contribution in [2.45, 2.75) is 19.7 Å². The van der Waals surface area contributed by atoms with E-state index in [9.17, 15) is 4.79 Å². The van der Waals surface area contributed by atoms with Crippen molar-refractivity contribution in [3.8, 4) is 5.75 Å². The number of rotatable bonds is 8. The summed E-state index contributed by atoms with van der Waals surface area (Å²) < 4.78 is 11.0. The number of aromatic nitrogens is 4. The van der Waals surface area contributed by atoms with Crippen LogP contribution in [0.5, 0.6) is 5.75 Å². The van der Waals surface area contributed by atoms with Crippen molar-refractivity contribution >= 4 is 37.8 Å². The van der Waals surface area contributed by atoms with Gasteiger partial charge in [0.05, 0.1) is 10.7 Å². The lowest BCUT2D eigenvalue weighted by molar-refractivity contribution is 0.0945. The summed E-state index contributed by atoms with van der Waals surface area (Å²) in [5.74, 6) is 0.536. The molecule has 0 saturated heterocycles. The molecule has 0 aliphatic heterocycles. The summed E-state index contributed by atoms with van der Waals surface area (Å²) >= 11 is 6.73. The molecule has 136 valence electrons. The Balaban J connectivity index is 1.41. The van der Waals surface area contributed by atoms with Gasteiger partial charge in [0.25, 0.3) is 5.91 Å². The molecule has 0 radical (unpaired) electrons. The van der Waals surface area contributed by atoms with Crippen LogP contribution in [0.2, 0.25) is 0 Å². The van der Waals surface area contributed by atoms with Crippen LogP contribution in [0.1, 0.15) is 16.9 Å². The fourth-order valence-corrected chi connectivity index (χ4v) is 2.81. The van der Waals surface area contributed by atoms with E-state index in [2.05, 4.69) is 47.4 Å². The highest BCUT2D eigenvalue weighted by Crippen LogP contribution is 2.16. The Labute approximate surface area is 167 Å². The summed E-state index contributed by atoms with van der Waals surface area (Å²) in [5, 5.41) is 11.3. The maximum absolute atomic E-state index is 12.1. The summed E-state index contributed by atoms with van der Waals surface area (Å²) in [5.41, 5.74) is 0.367. The van der Waals surface area contributed by atoms with Gasteiger partial charge < -0.3 is 10.1 Å². The molecule has 1 aromatic carbocycles. The van der Waals surface area contributed by atoms with Gasteiger partial charge in [0.2, 0.25) is 0 Å². The molecule has 1 N–H and O–H groups in total. The molecule has 3 aromatic rings. The third kappa shape index (κ3) is 5.43. The molecule has 0 atom stereocenters. The van der Waals surface area contributed by atoms with Gasteiger partial charge >= 0.3 is 0 Å². The molecular formula is C17H17Br2N5O2. The Kier molecular flexibility index (Phi) is 6.45. The van der Waals surface area contributed by atoms with Gasteiger partial charge in [-0.15, -0.1) is 0 Å². The molecule has 0 aliphatic carbocycles. The maximum atomic E-state index is 12.1. The predicted octanol–water partition coefficient (Wildman–Crippen LogP) is 3.46. The van der Waals surface area contributed by atoms with Gasteiger partial charge in [-0.3, -0.25) is 9.48 Å². The molecule has 2 heterocycles. The summed E-state index contributed by atoms with van der Waals surface area (Å²) in [6, 6.07) is 9.20. The second-order valence-electron chi connectivity index (χ2n) is 5.50. The first-order chi connectivity index (χ1) is 12.6. The number of nitrogens with one attached hydrogen (secondary N) is 1. The first kappa shape index (κ1) is 18.7. The lowest BCUT2D eigenvalue weighted by atomic mass is 10.3. The number of hydrogen-bond donors (Lipinski definition) is 1. The van der Waals surface area contributed by atoms with Crippen LogP contribution in [0.25, 0.3) is 0 Å². The van der Waals surface area contributed by atoms with E-state index in [1.807, 2.05) is 35.1 Å². The van der Waals surface area contributed by atoms with E-state index in [4.69, 9.17) is 4.74 Å². The van der Waals surface area contributed by atoms with Crippen molar-refractivity contribution in [3.05, 3.63) is 63.6 Å². The third-order valence-corrected chi connectivity index (χ3v) is 4.44. The largest absolute Gasteiger partial charge is 0.471 e. The van der Waals surface area contributed by atoms with Gasteiger partial charge in [-0.2, -0.15) is 10.2 Å². The van der Waals surface area contributed by atoms with Crippen LogP contribution < -0.4 is 10.1 Å². The molecular weight excluding hydrogens is 466 g/mol. The minimum absolute atomic E-state index is 0.200. The van der Waals surface area contributed by atoms with Gasteiger partial charge in [-0.05, 0) is 52.7 Å². The monoisotopic (exact) mass is 481 g/mol. The molecule has 9 heteroatoms. The van der Waals surface area contributed by atoms with Gasteiger partial charge in [0, 0.05) is 30.0 Å². The van der Waals surface area contributed by atoms with Crippen LogP contribution in [0, 0.1) is 0 Å². The fourth-order valence-electron chi connectivity index (χ4n) is 2.22. The summed E-state index contributed by atoms with van der Waals surface area (Å²) in [7, 11) is 0. The lowest BCUT2D eigenvalue weighted by Crippen LogP contribution is -2.26. The Morgan fingerprint density at radius 3 is 2.65 bits per heavy atom. The number of halogens is 2. The van der Waals surface area contributed by atoms with E-state index in [-0.39, 0.29) is 12.6 Å². The van der Waals surface area contributed by atoms with Crippen LogP contribution in [0.4, 0.5) is 0 Å². The second-order valence-corrected chi connectivity index (χ2v) is 7.33. The number of ether oxygens (including phenoxy) is 1. The minimum atomic E-state index is -0.200. The zero-order valence-electron chi connectivity index (χ0n) is 13.8. The molecule has 0 fully saturated rings. The fraction of sp³-hybridized carbons (Fsp3) is 0.235. The molecule has 26 heavy (non-hydrogen) atoms. The normalized spacial score (nSPS) is 10.7. The van der Waals surface area contributed by atoms with Crippen molar-refractivity contribution in [2.75, 3.05) is 6.54 Å². The highest BCUT2D eigenvalue weighted by atomic mass is 79.9. The maximum Gasteiger partial charge on any atom is 0.271 e. The van der Waals surface area contributed by atoms with E-state index in [1.165, 1.54) is 0 Å². The molecule has 1 amide bonds. The average molecular weight is 483 g/mol. The van der Waals surface area contributed by atoms with Crippen LogP contribution >= 0.6 is 31.9 Å². The number of aryl methyl sites for hydroxylation is 1. The number of carbonyl (C=O) groups excluding carboxylic acids is 1. The minimum Gasteiger partial charge on any atom is -0.471 e. The van der Waals surface area contributed by atoms with Crippen molar-refractivity contribution < 1.29 is 9.53 Å². The molecule has 0 unspecified atom stereocenters. The lowest BCUT2D eigenvalue weighted by Gasteiger charge is -2.06. The Hall–Kier alpha value is -2.13. The van der Waals surface area contributed by atoms with Crippen LogP contribution in [0.15, 0.2) is 57.9 Å². The van der Waals surface area contributed by atoms with Gasteiger partial charge in [-0.1, -0.05) is 15.9 Å². The average Bonchev–Trinajstić information content (AvgIpc) is 3.27. The Bertz CT molecular complexity index is 860. The summed E-state index contributed by atoms with van der Waals surface area (Å²) in [6.45, 7) is 1.53. The van der Waals surface area contributed by atoms with E-state index < -0.39 is 0 Å². The van der Waals surface area contributed by atoms with Gasteiger partial charge in [0.15, 0.2) is 6.73 Å². The number of amides is 1. The Morgan fingerprint density at radius 2 is 1.92 bits per heavy atom. The smallest absolute Gasteiger partial charge is 0.271 e. The number of nitrogens with zero attached hydrogens (tertiary/aromatic N) is 4. The van der Waals surface area contributed by atoms with E-state index >= 15 is 0 Å². The Morgan fingerprint density at radius 1 is 1.12 bits per heavy atom.